The maximum atomic E-state index is 5.86. The summed E-state index contributed by atoms with van der Waals surface area (Å²) in [5.74, 6) is 1.18. The minimum absolute atomic E-state index is 0.307. The lowest BCUT2D eigenvalue weighted by Gasteiger charge is -1.98. The molecule has 66 valence electrons. The van der Waals surface area contributed by atoms with Gasteiger partial charge in [-0.2, -0.15) is 0 Å². The van der Waals surface area contributed by atoms with E-state index in [1.807, 2.05) is 7.05 Å². The van der Waals surface area contributed by atoms with Gasteiger partial charge in [0.15, 0.2) is 0 Å². The third-order valence-corrected chi connectivity index (χ3v) is 2.01. The largest absolute Gasteiger partial charge is 0.422 e. The molecule has 1 fully saturated rings. The van der Waals surface area contributed by atoms with Gasteiger partial charge in [-0.25, -0.2) is 0 Å². The third-order valence-electron chi connectivity index (χ3n) is 2.01. The second-order valence-electron chi connectivity index (χ2n) is 3.19. The van der Waals surface area contributed by atoms with Crippen LogP contribution in [0.15, 0.2) is 4.42 Å². The van der Waals surface area contributed by atoms with Crippen LogP contribution in [0.5, 0.6) is 0 Å². The average Bonchev–Trinajstić information content (AvgIpc) is 2.64. The fourth-order valence-corrected chi connectivity index (χ4v) is 1.03. The van der Waals surface area contributed by atoms with E-state index in [1.54, 1.807) is 0 Å². The first kappa shape index (κ1) is 7.70. The van der Waals surface area contributed by atoms with Crippen LogP contribution in [0.1, 0.15) is 24.6 Å². The summed E-state index contributed by atoms with van der Waals surface area (Å²) < 4.78 is 5.34. The van der Waals surface area contributed by atoms with Gasteiger partial charge in [0, 0.05) is 0 Å². The van der Waals surface area contributed by atoms with Crippen LogP contribution in [0.2, 0.25) is 0 Å². The molecule has 0 aliphatic heterocycles. The van der Waals surface area contributed by atoms with Gasteiger partial charge in [0.05, 0.1) is 12.1 Å². The van der Waals surface area contributed by atoms with E-state index in [-0.39, 0.29) is 5.54 Å². The van der Waals surface area contributed by atoms with E-state index < -0.39 is 0 Å². The molecular formula is C7H12N4O. The molecule has 0 saturated heterocycles. The van der Waals surface area contributed by atoms with Gasteiger partial charge in [0.1, 0.15) is 0 Å². The molecule has 0 amide bonds. The highest BCUT2D eigenvalue weighted by Gasteiger charge is 2.45. The molecule has 12 heavy (non-hydrogen) atoms. The van der Waals surface area contributed by atoms with Crippen molar-refractivity contribution in [1.29, 1.82) is 0 Å². The predicted octanol–water partition coefficient (Wildman–Crippen LogP) is -0.263. The summed E-state index contributed by atoms with van der Waals surface area (Å²) in [4.78, 5) is 0. The molecule has 2 rings (SSSR count). The Morgan fingerprint density at radius 3 is 2.92 bits per heavy atom. The zero-order chi connectivity index (χ0) is 8.60. The van der Waals surface area contributed by atoms with Crippen LogP contribution >= 0.6 is 0 Å². The van der Waals surface area contributed by atoms with Crippen LogP contribution in [0.3, 0.4) is 0 Å². The van der Waals surface area contributed by atoms with Crippen molar-refractivity contribution < 1.29 is 4.42 Å². The molecule has 3 N–H and O–H groups in total. The van der Waals surface area contributed by atoms with Crippen molar-refractivity contribution in [3.63, 3.8) is 0 Å². The first-order chi connectivity index (χ1) is 5.74. The molecule has 0 unspecified atom stereocenters. The summed E-state index contributed by atoms with van der Waals surface area (Å²) >= 11 is 0. The zero-order valence-electron chi connectivity index (χ0n) is 7.00. The molecule has 0 atom stereocenters. The average molecular weight is 168 g/mol. The summed E-state index contributed by atoms with van der Waals surface area (Å²) in [6, 6.07) is 0. The standard InChI is InChI=1S/C7H12N4O/c1-9-4-5-10-11-6(12-5)7(8)2-3-7/h9H,2-4,8H2,1H3. The van der Waals surface area contributed by atoms with Gasteiger partial charge in [0.25, 0.3) is 0 Å². The summed E-state index contributed by atoms with van der Waals surface area (Å²) in [7, 11) is 1.83. The van der Waals surface area contributed by atoms with Crippen LogP contribution in [0.4, 0.5) is 0 Å². The molecule has 5 heteroatoms. The Bertz CT molecular complexity index is 279. The molecule has 1 aliphatic carbocycles. The Labute approximate surface area is 70.3 Å². The van der Waals surface area contributed by atoms with E-state index >= 15 is 0 Å². The van der Waals surface area contributed by atoms with Crippen molar-refractivity contribution in [3.8, 4) is 0 Å². The minimum Gasteiger partial charge on any atom is -0.422 e. The zero-order valence-corrected chi connectivity index (χ0v) is 7.00. The van der Waals surface area contributed by atoms with Crippen LogP contribution in [-0.4, -0.2) is 17.2 Å². The molecule has 1 aliphatic rings. The van der Waals surface area contributed by atoms with E-state index in [4.69, 9.17) is 10.2 Å². The van der Waals surface area contributed by atoms with Crippen molar-refractivity contribution in [3.05, 3.63) is 11.8 Å². The highest BCUT2D eigenvalue weighted by atomic mass is 16.4. The fraction of sp³-hybridized carbons (Fsp3) is 0.714. The van der Waals surface area contributed by atoms with Gasteiger partial charge in [-0.15, -0.1) is 10.2 Å². The number of nitrogens with two attached hydrogens (primary N) is 1. The van der Waals surface area contributed by atoms with E-state index in [2.05, 4.69) is 15.5 Å². The maximum Gasteiger partial charge on any atom is 0.236 e. The Kier molecular flexibility index (Phi) is 1.62. The SMILES string of the molecule is CNCc1nnc(C2(N)CC2)o1. The monoisotopic (exact) mass is 168 g/mol. The Hall–Kier alpha value is -0.940. The molecule has 0 radical (unpaired) electrons. The number of nitrogens with zero attached hydrogens (tertiary/aromatic N) is 2. The molecule has 0 bridgehead atoms. The molecule has 0 spiro atoms. The van der Waals surface area contributed by atoms with Crippen molar-refractivity contribution >= 4 is 0 Å². The lowest BCUT2D eigenvalue weighted by Crippen LogP contribution is -2.18. The van der Waals surface area contributed by atoms with Gasteiger partial charge in [-0.3, -0.25) is 0 Å². The molecule has 1 heterocycles. The first-order valence-electron chi connectivity index (χ1n) is 4.01. The first-order valence-corrected chi connectivity index (χ1v) is 4.01. The lowest BCUT2D eigenvalue weighted by atomic mass is 10.3. The van der Waals surface area contributed by atoms with Crippen molar-refractivity contribution in [2.24, 2.45) is 5.73 Å². The van der Waals surface area contributed by atoms with Gasteiger partial charge in [-0.1, -0.05) is 0 Å². The number of aromatic nitrogens is 2. The third kappa shape index (κ3) is 1.21. The topological polar surface area (TPSA) is 77.0 Å². The highest BCUT2D eigenvalue weighted by molar-refractivity contribution is 5.10. The smallest absolute Gasteiger partial charge is 0.236 e. The summed E-state index contributed by atoms with van der Waals surface area (Å²) in [6.45, 7) is 0.600. The van der Waals surface area contributed by atoms with E-state index in [0.29, 0.717) is 18.3 Å². The second-order valence-corrected chi connectivity index (χ2v) is 3.19. The number of hydrogen-bond acceptors (Lipinski definition) is 5. The van der Waals surface area contributed by atoms with Crippen molar-refractivity contribution in [1.82, 2.24) is 15.5 Å². The quantitative estimate of drug-likeness (QED) is 0.650. The second kappa shape index (κ2) is 2.53. The van der Waals surface area contributed by atoms with Gasteiger partial charge in [0.2, 0.25) is 11.8 Å². The molecule has 1 aromatic heterocycles. The molecule has 1 aromatic rings. The van der Waals surface area contributed by atoms with Gasteiger partial charge in [-0.05, 0) is 19.9 Å². The summed E-state index contributed by atoms with van der Waals surface area (Å²) in [5, 5.41) is 10.7. The molecule has 0 aromatic carbocycles. The minimum atomic E-state index is -0.307. The summed E-state index contributed by atoms with van der Waals surface area (Å²) in [6.07, 6.45) is 1.91. The van der Waals surface area contributed by atoms with Crippen LogP contribution < -0.4 is 11.1 Å². The number of hydrogen-bond donors (Lipinski definition) is 2. The maximum absolute atomic E-state index is 5.86. The van der Waals surface area contributed by atoms with Crippen LogP contribution in [0, 0.1) is 0 Å². The van der Waals surface area contributed by atoms with Crippen molar-refractivity contribution in [2.75, 3.05) is 7.05 Å². The van der Waals surface area contributed by atoms with E-state index in [9.17, 15) is 0 Å². The lowest BCUT2D eigenvalue weighted by molar-refractivity contribution is 0.402. The normalized spacial score (nSPS) is 19.5. The summed E-state index contributed by atoms with van der Waals surface area (Å²) in [5.41, 5.74) is 5.55. The van der Waals surface area contributed by atoms with E-state index in [1.165, 1.54) is 0 Å². The number of rotatable bonds is 3. The van der Waals surface area contributed by atoms with Gasteiger partial charge < -0.3 is 15.5 Å². The predicted molar refractivity (Wildman–Crippen MR) is 42.2 cm³/mol. The Balaban J connectivity index is 2.13. The van der Waals surface area contributed by atoms with Gasteiger partial charge >= 0.3 is 0 Å². The fourth-order valence-electron chi connectivity index (χ4n) is 1.03. The van der Waals surface area contributed by atoms with E-state index in [0.717, 1.165) is 12.8 Å². The molecule has 5 nitrogen and oxygen atoms in total. The van der Waals surface area contributed by atoms with Crippen LogP contribution in [-0.2, 0) is 12.1 Å². The Morgan fingerprint density at radius 2 is 2.33 bits per heavy atom. The highest BCUT2D eigenvalue weighted by Crippen LogP contribution is 2.41. The molecular weight excluding hydrogens is 156 g/mol. The molecule has 1 saturated carbocycles. The Morgan fingerprint density at radius 1 is 1.58 bits per heavy atom. The number of nitrogens with one attached hydrogen (secondary N) is 1. The van der Waals surface area contributed by atoms with Crippen LogP contribution in [0.25, 0.3) is 0 Å². The van der Waals surface area contributed by atoms with Crippen molar-refractivity contribution in [2.45, 2.75) is 24.9 Å².